The lowest BCUT2D eigenvalue weighted by Gasteiger charge is -2.13. The number of pyridine rings is 1. The number of nitriles is 2. The van der Waals surface area contributed by atoms with Gasteiger partial charge in [0.25, 0.3) is 0 Å². The van der Waals surface area contributed by atoms with Gasteiger partial charge in [-0.15, -0.1) is 0 Å². The molecule has 2 aromatic carbocycles. The summed E-state index contributed by atoms with van der Waals surface area (Å²) in [6.45, 7) is 15.2. The van der Waals surface area contributed by atoms with Crippen molar-refractivity contribution in [3.8, 4) is 34.7 Å². The van der Waals surface area contributed by atoms with E-state index in [9.17, 15) is 10.5 Å². The number of aromatic nitrogens is 2. The molecule has 8 nitrogen and oxygen atoms in total. The molecule has 3 heterocycles. The Morgan fingerprint density at radius 2 is 1.52 bits per heavy atom. The summed E-state index contributed by atoms with van der Waals surface area (Å²) in [5, 5.41) is 20.1. The molecule has 0 radical (unpaired) electrons. The number of anilines is 1. The van der Waals surface area contributed by atoms with Crippen LogP contribution >= 0.6 is 11.8 Å². The van der Waals surface area contributed by atoms with Gasteiger partial charge in [0.2, 0.25) is 5.89 Å². The van der Waals surface area contributed by atoms with Crippen molar-refractivity contribution in [3.05, 3.63) is 82.2 Å². The van der Waals surface area contributed by atoms with Crippen LogP contribution in [0.5, 0.6) is 0 Å². The second-order valence-corrected chi connectivity index (χ2v) is 10.7. The van der Waals surface area contributed by atoms with Gasteiger partial charge in [-0.25, -0.2) is 9.97 Å². The molecule has 5 rings (SSSR count). The van der Waals surface area contributed by atoms with Crippen LogP contribution in [-0.4, -0.2) is 29.0 Å². The molecule has 1 fully saturated rings. The normalized spacial score (nSPS) is 13.2. The van der Waals surface area contributed by atoms with E-state index in [1.54, 1.807) is 0 Å². The number of aryl methyl sites for hydroxylation is 3. The van der Waals surface area contributed by atoms with E-state index in [0.717, 1.165) is 41.2 Å². The lowest BCUT2D eigenvalue weighted by Crippen LogP contribution is -2.18. The fourth-order valence-electron chi connectivity index (χ4n) is 4.15. The summed E-state index contributed by atoms with van der Waals surface area (Å²) < 4.78 is 16.1. The summed E-state index contributed by atoms with van der Waals surface area (Å²) in [6, 6.07) is 19.9. The van der Waals surface area contributed by atoms with Gasteiger partial charge in [-0.2, -0.15) is 10.5 Å². The molecule has 0 bridgehead atoms. The molecular formula is C33H37N5O3S. The zero-order chi connectivity index (χ0) is 30.9. The maximum absolute atomic E-state index is 9.97. The maximum atomic E-state index is 9.97. The number of hydrogen-bond acceptors (Lipinski definition) is 9. The third-order valence-electron chi connectivity index (χ3n) is 6.35. The van der Waals surface area contributed by atoms with Crippen molar-refractivity contribution in [2.24, 2.45) is 0 Å². The van der Waals surface area contributed by atoms with Crippen molar-refractivity contribution in [1.82, 2.24) is 9.97 Å². The summed E-state index contributed by atoms with van der Waals surface area (Å²) in [5.74, 6) is 1.52. The van der Waals surface area contributed by atoms with Crippen molar-refractivity contribution in [1.29, 1.82) is 10.5 Å². The molecule has 0 saturated carbocycles. The Kier molecular flexibility index (Phi) is 11.3. The highest BCUT2D eigenvalue weighted by Crippen LogP contribution is 2.37. The topological polar surface area (TPSA) is 131 Å². The predicted molar refractivity (Wildman–Crippen MR) is 167 cm³/mol. The molecule has 4 aromatic rings. The summed E-state index contributed by atoms with van der Waals surface area (Å²) in [7, 11) is 0. The van der Waals surface area contributed by atoms with Gasteiger partial charge in [0.1, 0.15) is 34.3 Å². The molecule has 42 heavy (non-hydrogen) atoms. The number of nitrogens with two attached hydrogens (primary N) is 1. The Morgan fingerprint density at radius 1 is 0.905 bits per heavy atom. The van der Waals surface area contributed by atoms with E-state index in [2.05, 4.69) is 22.1 Å². The Hall–Kier alpha value is -4.15. The van der Waals surface area contributed by atoms with Crippen molar-refractivity contribution >= 4 is 17.6 Å². The predicted octanol–water partition coefficient (Wildman–Crippen LogP) is 7.74. The monoisotopic (exact) mass is 583 g/mol. The van der Waals surface area contributed by atoms with Crippen molar-refractivity contribution < 1.29 is 13.9 Å². The van der Waals surface area contributed by atoms with Crippen LogP contribution in [0.2, 0.25) is 0 Å². The lowest BCUT2D eigenvalue weighted by atomic mass is 9.96. The number of rotatable bonds is 5. The molecule has 0 aliphatic carbocycles. The average Bonchev–Trinajstić information content (AvgIpc) is 3.57. The Labute approximate surface area is 252 Å². The van der Waals surface area contributed by atoms with Crippen LogP contribution in [0.15, 0.2) is 58.0 Å². The third kappa shape index (κ3) is 7.77. The first kappa shape index (κ1) is 32.4. The molecular weight excluding hydrogens is 546 g/mol. The van der Waals surface area contributed by atoms with E-state index < -0.39 is 0 Å². The van der Waals surface area contributed by atoms with Gasteiger partial charge < -0.3 is 19.6 Å². The van der Waals surface area contributed by atoms with Crippen LogP contribution in [0.1, 0.15) is 61.4 Å². The average molecular weight is 584 g/mol. The van der Waals surface area contributed by atoms with Crippen LogP contribution in [0.4, 0.5) is 5.82 Å². The van der Waals surface area contributed by atoms with Crippen LogP contribution < -0.4 is 5.73 Å². The molecule has 0 spiro atoms. The summed E-state index contributed by atoms with van der Waals surface area (Å²) in [4.78, 5) is 9.06. The van der Waals surface area contributed by atoms with Crippen LogP contribution in [0.3, 0.4) is 0 Å². The minimum absolute atomic E-state index is 0.104. The van der Waals surface area contributed by atoms with Crippen LogP contribution in [-0.2, 0) is 15.2 Å². The molecule has 0 amide bonds. The van der Waals surface area contributed by atoms with E-state index >= 15 is 0 Å². The zero-order valence-corrected chi connectivity index (χ0v) is 26.1. The molecule has 1 aliphatic heterocycles. The molecule has 1 saturated heterocycles. The minimum Gasteiger partial charge on any atom is -0.441 e. The highest BCUT2D eigenvalue weighted by atomic mass is 32.2. The standard InChI is InChI=1S/C26H21N5OS.C5H10O2.C2H6/c1-15-8-10-18(11-9-15)23-20(12-27)24(29)31-26(21(23)13-28)33-14-22-17(3)32-25(30-22)19-7-5-4-6-16(19)2;1-5(2)6-3-4-7-5;1-2/h4-11H,14H2,1-3H3,(H2,29,31);3-4H2,1-2H3;1-2H3. The molecule has 2 N–H and O–H groups in total. The van der Waals surface area contributed by atoms with Crippen molar-refractivity contribution in [2.75, 3.05) is 18.9 Å². The van der Waals surface area contributed by atoms with E-state index in [1.807, 2.05) is 97.0 Å². The summed E-state index contributed by atoms with van der Waals surface area (Å²) in [5.41, 5.74) is 11.8. The SMILES string of the molecule is CC.CC1(C)OCCO1.Cc1ccc(-c2c(C#N)c(N)nc(SCc3nc(-c4ccccc4C)oc3C)c2C#N)cc1. The van der Waals surface area contributed by atoms with Gasteiger partial charge >= 0.3 is 0 Å². The Bertz CT molecular complexity index is 1590. The minimum atomic E-state index is -0.306. The first-order valence-corrected chi connectivity index (χ1v) is 14.8. The zero-order valence-electron chi connectivity index (χ0n) is 25.2. The fourth-order valence-corrected chi connectivity index (χ4v) is 5.15. The molecule has 0 atom stereocenters. The molecule has 0 unspecified atom stereocenters. The van der Waals surface area contributed by atoms with E-state index in [4.69, 9.17) is 19.6 Å². The lowest BCUT2D eigenvalue weighted by molar-refractivity contribution is -0.125. The van der Waals surface area contributed by atoms with Crippen LogP contribution in [0, 0.1) is 43.4 Å². The van der Waals surface area contributed by atoms with Gasteiger partial charge in [0, 0.05) is 16.9 Å². The molecule has 9 heteroatoms. The van der Waals surface area contributed by atoms with E-state index in [0.29, 0.717) is 33.6 Å². The number of nitrogen functional groups attached to an aromatic ring is 1. The number of hydrogen-bond donors (Lipinski definition) is 1. The van der Waals surface area contributed by atoms with Crippen LogP contribution in [0.25, 0.3) is 22.6 Å². The van der Waals surface area contributed by atoms with Gasteiger partial charge in [0.05, 0.1) is 24.5 Å². The van der Waals surface area contributed by atoms with Crippen molar-refractivity contribution in [3.63, 3.8) is 0 Å². The number of nitrogens with zero attached hydrogens (tertiary/aromatic N) is 4. The Balaban J connectivity index is 0.000000465. The quantitative estimate of drug-likeness (QED) is 0.234. The largest absolute Gasteiger partial charge is 0.441 e. The first-order chi connectivity index (χ1) is 20.1. The maximum Gasteiger partial charge on any atom is 0.226 e. The summed E-state index contributed by atoms with van der Waals surface area (Å²) in [6.07, 6.45) is 0. The van der Waals surface area contributed by atoms with Gasteiger partial charge in [-0.1, -0.05) is 73.6 Å². The summed E-state index contributed by atoms with van der Waals surface area (Å²) >= 11 is 1.35. The van der Waals surface area contributed by atoms with Crippen molar-refractivity contribution in [2.45, 2.75) is 65.0 Å². The molecule has 2 aromatic heterocycles. The van der Waals surface area contributed by atoms with Gasteiger partial charge in [0.15, 0.2) is 5.79 Å². The molecule has 1 aliphatic rings. The fraction of sp³-hybridized carbons (Fsp3) is 0.333. The van der Waals surface area contributed by atoms with E-state index in [-0.39, 0.29) is 17.2 Å². The first-order valence-electron chi connectivity index (χ1n) is 13.8. The highest BCUT2D eigenvalue weighted by molar-refractivity contribution is 7.98. The number of thioether (sulfide) groups is 1. The van der Waals surface area contributed by atoms with Gasteiger partial charge in [-0.3, -0.25) is 0 Å². The third-order valence-corrected chi connectivity index (χ3v) is 7.34. The van der Waals surface area contributed by atoms with E-state index in [1.165, 1.54) is 11.8 Å². The molecule has 218 valence electrons. The Morgan fingerprint density at radius 3 is 2.07 bits per heavy atom. The number of oxazole rings is 1. The van der Waals surface area contributed by atoms with Gasteiger partial charge in [-0.05, 0) is 51.8 Å². The highest BCUT2D eigenvalue weighted by Gasteiger charge is 2.24. The number of benzene rings is 2. The smallest absolute Gasteiger partial charge is 0.226 e. The second-order valence-electron chi connectivity index (χ2n) is 9.74. The number of ether oxygens (including phenoxy) is 2. The second kappa shape index (κ2) is 14.7.